The Hall–Kier alpha value is -1.89. The van der Waals surface area contributed by atoms with Gasteiger partial charge in [0.1, 0.15) is 5.82 Å². The Kier molecular flexibility index (Phi) is 4.42. The van der Waals surface area contributed by atoms with E-state index >= 15 is 0 Å². The second-order valence-electron chi connectivity index (χ2n) is 8.90. The first-order chi connectivity index (χ1) is 12.0. The van der Waals surface area contributed by atoms with Crippen LogP contribution in [-0.2, 0) is 21.6 Å². The largest absolute Gasteiger partial charge is 0.448 e. The van der Waals surface area contributed by atoms with Crippen molar-refractivity contribution in [1.82, 2.24) is 15.1 Å². The molecule has 3 rings (SSSR count). The summed E-state index contributed by atoms with van der Waals surface area (Å²) < 4.78 is 6.35. The summed E-state index contributed by atoms with van der Waals surface area (Å²) in [5.74, 6) is 0.409. The van der Waals surface area contributed by atoms with Crippen LogP contribution in [0.4, 0.5) is 10.6 Å². The summed E-state index contributed by atoms with van der Waals surface area (Å²) in [6.07, 6.45) is 2.21. The number of ether oxygens (including phenoxy) is 1. The molecule has 1 fully saturated rings. The molecule has 0 radical (unpaired) electrons. The van der Waals surface area contributed by atoms with Gasteiger partial charge in [-0.25, -0.2) is 4.79 Å². The zero-order valence-corrected chi connectivity index (χ0v) is 16.7. The van der Waals surface area contributed by atoms with Crippen molar-refractivity contribution in [2.24, 2.45) is 10.8 Å². The highest BCUT2D eigenvalue weighted by atomic mass is 16.6. The van der Waals surface area contributed by atoms with Crippen LogP contribution >= 0.6 is 0 Å². The van der Waals surface area contributed by atoms with Crippen LogP contribution in [0.5, 0.6) is 0 Å². The van der Waals surface area contributed by atoms with Crippen molar-refractivity contribution in [3.05, 3.63) is 11.3 Å². The Balaban J connectivity index is 1.99. The van der Waals surface area contributed by atoms with E-state index < -0.39 is 11.5 Å². The summed E-state index contributed by atoms with van der Waals surface area (Å²) in [5.41, 5.74) is 0.722. The average Bonchev–Trinajstić information content (AvgIpc) is 2.95. The molecule has 1 amide bonds. The molecule has 0 aromatic carbocycles. The Morgan fingerprint density at radius 3 is 2.46 bits per heavy atom. The van der Waals surface area contributed by atoms with Gasteiger partial charge in [0.05, 0.1) is 23.3 Å². The van der Waals surface area contributed by atoms with Crippen LogP contribution in [0.2, 0.25) is 0 Å². The van der Waals surface area contributed by atoms with Crippen molar-refractivity contribution in [2.75, 3.05) is 11.9 Å². The SMILES string of the molecule is CCOC(=O)n1nc2c(c1NC(=O)C1(C(C)(C)C)CCC1)CNC2(C)C. The third-order valence-electron chi connectivity index (χ3n) is 6.03. The molecule has 1 aromatic heterocycles. The quantitative estimate of drug-likeness (QED) is 0.861. The molecule has 2 N–H and O–H groups in total. The second-order valence-corrected chi connectivity index (χ2v) is 8.90. The monoisotopic (exact) mass is 362 g/mol. The third-order valence-corrected chi connectivity index (χ3v) is 6.03. The summed E-state index contributed by atoms with van der Waals surface area (Å²) in [5, 5.41) is 10.9. The molecule has 0 spiro atoms. The van der Waals surface area contributed by atoms with E-state index in [4.69, 9.17) is 4.74 Å². The van der Waals surface area contributed by atoms with E-state index in [0.29, 0.717) is 12.4 Å². The molecule has 0 bridgehead atoms. The molecule has 1 saturated carbocycles. The Morgan fingerprint density at radius 1 is 1.31 bits per heavy atom. The first-order valence-corrected chi connectivity index (χ1v) is 9.39. The third kappa shape index (κ3) is 2.73. The first kappa shape index (κ1) is 18.9. The standard InChI is InChI=1S/C19H30N4O3/c1-7-26-16(25)23-14(12-11-20-18(5,6)13(12)22-23)21-15(24)19(9-8-10-19)17(2,3)4/h20H,7-11H2,1-6H3,(H,21,24). The van der Waals surface area contributed by atoms with Crippen LogP contribution in [0.3, 0.4) is 0 Å². The van der Waals surface area contributed by atoms with Gasteiger partial charge in [0.25, 0.3) is 0 Å². The number of hydrogen-bond donors (Lipinski definition) is 2. The lowest BCUT2D eigenvalue weighted by Gasteiger charge is -2.49. The fourth-order valence-electron chi connectivity index (χ4n) is 4.03. The van der Waals surface area contributed by atoms with E-state index in [0.717, 1.165) is 30.5 Å². The molecule has 1 aliphatic carbocycles. The molecule has 144 valence electrons. The number of carbonyl (C=O) groups excluding carboxylic acids is 2. The highest BCUT2D eigenvalue weighted by Crippen LogP contribution is 2.54. The Morgan fingerprint density at radius 2 is 1.96 bits per heavy atom. The van der Waals surface area contributed by atoms with E-state index in [9.17, 15) is 9.59 Å². The van der Waals surface area contributed by atoms with Crippen LogP contribution in [-0.4, -0.2) is 28.4 Å². The van der Waals surface area contributed by atoms with Crippen LogP contribution in [0, 0.1) is 10.8 Å². The summed E-state index contributed by atoms with van der Waals surface area (Å²) in [7, 11) is 0. The van der Waals surface area contributed by atoms with Gasteiger partial charge >= 0.3 is 6.09 Å². The van der Waals surface area contributed by atoms with Crippen molar-refractivity contribution in [3.63, 3.8) is 0 Å². The Labute approximate surface area is 154 Å². The molecule has 0 unspecified atom stereocenters. The minimum atomic E-state index is -0.564. The van der Waals surface area contributed by atoms with Crippen molar-refractivity contribution < 1.29 is 14.3 Å². The summed E-state index contributed by atoms with van der Waals surface area (Å²) >= 11 is 0. The lowest BCUT2D eigenvalue weighted by Crippen LogP contribution is -2.51. The van der Waals surface area contributed by atoms with Gasteiger partial charge in [0.15, 0.2) is 0 Å². The summed E-state index contributed by atoms with van der Waals surface area (Å²) in [6, 6.07) is 0. The van der Waals surface area contributed by atoms with Crippen molar-refractivity contribution in [3.8, 4) is 0 Å². The van der Waals surface area contributed by atoms with E-state index in [1.54, 1.807) is 6.92 Å². The van der Waals surface area contributed by atoms with Crippen LogP contribution in [0.15, 0.2) is 0 Å². The average molecular weight is 362 g/mol. The number of fused-ring (bicyclic) bond motifs is 1. The molecule has 0 atom stereocenters. The summed E-state index contributed by atoms with van der Waals surface area (Å²) in [4.78, 5) is 25.6. The molecule has 0 saturated heterocycles. The smallest absolute Gasteiger partial charge is 0.436 e. The molecule has 7 nitrogen and oxygen atoms in total. The molecule has 2 aliphatic rings. The lowest BCUT2D eigenvalue weighted by atomic mass is 9.54. The topological polar surface area (TPSA) is 85.2 Å². The molecule has 26 heavy (non-hydrogen) atoms. The Bertz CT molecular complexity index is 739. The van der Waals surface area contributed by atoms with Crippen molar-refractivity contribution in [2.45, 2.75) is 72.9 Å². The second kappa shape index (κ2) is 6.08. The number of aromatic nitrogens is 2. The first-order valence-electron chi connectivity index (χ1n) is 9.39. The highest BCUT2D eigenvalue weighted by Gasteiger charge is 2.53. The summed E-state index contributed by atoms with van der Waals surface area (Å²) in [6.45, 7) is 12.9. The fraction of sp³-hybridized carbons (Fsp3) is 0.737. The molecule has 7 heteroatoms. The minimum absolute atomic E-state index is 0.0331. The van der Waals surface area contributed by atoms with Gasteiger partial charge in [-0.2, -0.15) is 5.10 Å². The maximum atomic E-state index is 13.2. The lowest BCUT2D eigenvalue weighted by molar-refractivity contribution is -0.139. The van der Waals surface area contributed by atoms with Crippen LogP contribution < -0.4 is 10.6 Å². The van der Waals surface area contributed by atoms with Crippen LogP contribution in [0.25, 0.3) is 0 Å². The van der Waals surface area contributed by atoms with Crippen LogP contribution in [0.1, 0.15) is 72.1 Å². The normalized spacial score (nSPS) is 20.2. The number of nitrogens with one attached hydrogen (secondary N) is 2. The van der Waals surface area contributed by atoms with Gasteiger partial charge in [-0.05, 0) is 39.0 Å². The molecule has 1 aliphatic heterocycles. The van der Waals surface area contributed by atoms with Crippen molar-refractivity contribution >= 4 is 17.8 Å². The van der Waals surface area contributed by atoms with Crippen molar-refractivity contribution in [1.29, 1.82) is 0 Å². The van der Waals surface area contributed by atoms with E-state index in [2.05, 4.69) is 36.5 Å². The predicted octanol–water partition coefficient (Wildman–Crippen LogP) is 3.38. The maximum absolute atomic E-state index is 13.2. The predicted molar refractivity (Wildman–Crippen MR) is 98.9 cm³/mol. The van der Waals surface area contributed by atoms with E-state index in [-0.39, 0.29) is 23.5 Å². The number of nitrogens with zero attached hydrogens (tertiary/aromatic N) is 2. The number of anilines is 1. The fourth-order valence-corrected chi connectivity index (χ4v) is 4.03. The molecule has 2 heterocycles. The van der Waals surface area contributed by atoms with Gasteiger partial charge in [-0.1, -0.05) is 27.2 Å². The highest BCUT2D eigenvalue weighted by molar-refractivity contribution is 5.98. The number of amides is 1. The van der Waals surface area contributed by atoms with E-state index in [1.165, 1.54) is 4.68 Å². The van der Waals surface area contributed by atoms with Gasteiger partial charge < -0.3 is 15.4 Å². The number of rotatable bonds is 3. The van der Waals surface area contributed by atoms with E-state index in [1.807, 2.05) is 13.8 Å². The zero-order chi connectivity index (χ0) is 19.3. The molecular formula is C19H30N4O3. The number of hydrogen-bond acceptors (Lipinski definition) is 5. The zero-order valence-electron chi connectivity index (χ0n) is 16.7. The molecular weight excluding hydrogens is 332 g/mol. The minimum Gasteiger partial charge on any atom is -0.448 e. The van der Waals surface area contributed by atoms with Gasteiger partial charge in [-0.15, -0.1) is 4.68 Å². The molecule has 1 aromatic rings. The van der Waals surface area contributed by atoms with Gasteiger partial charge in [0, 0.05) is 12.1 Å². The van der Waals surface area contributed by atoms with Gasteiger partial charge in [0.2, 0.25) is 5.91 Å². The van der Waals surface area contributed by atoms with Gasteiger partial charge in [-0.3, -0.25) is 4.79 Å². The number of carbonyl (C=O) groups is 2. The maximum Gasteiger partial charge on any atom is 0.436 e.